The maximum absolute atomic E-state index is 11.1. The molecule has 0 saturated carbocycles. The van der Waals surface area contributed by atoms with Gasteiger partial charge in [0.15, 0.2) is 0 Å². The smallest absolute Gasteiger partial charge is 0.335 e. The number of carbonyl (C=O) groups excluding carboxylic acids is 2. The van der Waals surface area contributed by atoms with Gasteiger partial charge in [0.25, 0.3) is 0 Å². The lowest BCUT2D eigenvalue weighted by Crippen LogP contribution is -2.10. The van der Waals surface area contributed by atoms with Gasteiger partial charge in [-0.3, -0.25) is 4.79 Å². The van der Waals surface area contributed by atoms with Gasteiger partial charge in [-0.15, -0.1) is 0 Å². The van der Waals surface area contributed by atoms with Gasteiger partial charge >= 0.3 is 5.97 Å². The van der Waals surface area contributed by atoms with Gasteiger partial charge in [0.1, 0.15) is 18.1 Å². The van der Waals surface area contributed by atoms with E-state index in [-0.39, 0.29) is 0 Å². The molecule has 0 aliphatic rings. The predicted octanol–water partition coefficient (Wildman–Crippen LogP) is 2.46. The van der Waals surface area contributed by atoms with Crippen LogP contribution in [0.15, 0.2) is 61.2 Å². The molecule has 1 amide bonds. The molecular formula is C17H15NO4. The second-order valence-electron chi connectivity index (χ2n) is 4.45. The van der Waals surface area contributed by atoms with Crippen molar-refractivity contribution in [1.82, 2.24) is 0 Å². The third kappa shape index (κ3) is 4.21. The summed E-state index contributed by atoms with van der Waals surface area (Å²) in [6.45, 7) is 3.68. The SMILES string of the molecule is C=CC(=O)Oc1ccc(COc2ccc(C(N)=O)cc2)cc1. The first-order valence-electron chi connectivity index (χ1n) is 6.54. The summed E-state index contributed by atoms with van der Waals surface area (Å²) >= 11 is 0. The average Bonchev–Trinajstić information content (AvgIpc) is 2.54. The molecular weight excluding hydrogens is 282 g/mol. The summed E-state index contributed by atoms with van der Waals surface area (Å²) < 4.78 is 10.6. The van der Waals surface area contributed by atoms with Gasteiger partial charge in [0.05, 0.1) is 0 Å². The zero-order valence-corrected chi connectivity index (χ0v) is 11.8. The Kier molecular flexibility index (Phi) is 4.93. The summed E-state index contributed by atoms with van der Waals surface area (Å²) in [5, 5.41) is 0. The molecule has 0 spiro atoms. The van der Waals surface area contributed by atoms with Crippen LogP contribution in [0.5, 0.6) is 11.5 Å². The van der Waals surface area contributed by atoms with Crippen LogP contribution in [-0.4, -0.2) is 11.9 Å². The van der Waals surface area contributed by atoms with Crippen LogP contribution in [0.3, 0.4) is 0 Å². The highest BCUT2D eigenvalue weighted by Gasteiger charge is 2.02. The first-order chi connectivity index (χ1) is 10.6. The number of carbonyl (C=O) groups is 2. The van der Waals surface area contributed by atoms with Gasteiger partial charge in [-0.05, 0) is 42.0 Å². The molecule has 5 heteroatoms. The van der Waals surface area contributed by atoms with E-state index in [1.807, 2.05) is 0 Å². The van der Waals surface area contributed by atoms with E-state index in [2.05, 4.69) is 6.58 Å². The Bertz CT molecular complexity index is 675. The average molecular weight is 297 g/mol. The van der Waals surface area contributed by atoms with Gasteiger partial charge in [-0.2, -0.15) is 0 Å². The summed E-state index contributed by atoms with van der Waals surface area (Å²) in [7, 11) is 0. The fourth-order valence-electron chi connectivity index (χ4n) is 1.69. The molecule has 112 valence electrons. The van der Waals surface area contributed by atoms with Crippen molar-refractivity contribution in [3.63, 3.8) is 0 Å². The summed E-state index contributed by atoms with van der Waals surface area (Å²) in [5.74, 6) is 0.0985. The Hall–Kier alpha value is -3.08. The zero-order chi connectivity index (χ0) is 15.9. The monoisotopic (exact) mass is 297 g/mol. The van der Waals surface area contributed by atoms with Crippen LogP contribution in [0.25, 0.3) is 0 Å². The van der Waals surface area contributed by atoms with Gasteiger partial charge < -0.3 is 15.2 Å². The minimum atomic E-state index is -0.501. The molecule has 0 aliphatic carbocycles. The maximum Gasteiger partial charge on any atom is 0.335 e. The fourth-order valence-corrected chi connectivity index (χ4v) is 1.69. The molecule has 0 unspecified atom stereocenters. The van der Waals surface area contributed by atoms with E-state index in [0.717, 1.165) is 11.6 Å². The quantitative estimate of drug-likeness (QED) is 0.504. The van der Waals surface area contributed by atoms with E-state index in [9.17, 15) is 9.59 Å². The van der Waals surface area contributed by atoms with Crippen molar-refractivity contribution >= 4 is 11.9 Å². The Balaban J connectivity index is 1.92. The van der Waals surface area contributed by atoms with Crippen LogP contribution in [0.4, 0.5) is 0 Å². The lowest BCUT2D eigenvalue weighted by atomic mass is 10.2. The van der Waals surface area contributed by atoms with Crippen LogP contribution >= 0.6 is 0 Å². The lowest BCUT2D eigenvalue weighted by molar-refractivity contribution is -0.128. The molecule has 0 radical (unpaired) electrons. The number of esters is 1. The van der Waals surface area contributed by atoms with Crippen LogP contribution < -0.4 is 15.2 Å². The molecule has 2 aromatic carbocycles. The van der Waals surface area contributed by atoms with Gasteiger partial charge in [0, 0.05) is 11.6 Å². The van der Waals surface area contributed by atoms with Crippen molar-refractivity contribution in [3.8, 4) is 11.5 Å². The standard InChI is InChI=1S/C17H15NO4/c1-2-16(19)22-15-7-3-12(4-8-15)11-21-14-9-5-13(6-10-14)17(18)20/h2-10H,1,11H2,(H2,18,20). The van der Waals surface area contributed by atoms with Crippen LogP contribution in [-0.2, 0) is 11.4 Å². The van der Waals surface area contributed by atoms with E-state index >= 15 is 0 Å². The number of rotatable bonds is 6. The van der Waals surface area contributed by atoms with E-state index in [0.29, 0.717) is 23.7 Å². The number of nitrogens with two attached hydrogens (primary N) is 1. The number of benzene rings is 2. The molecule has 2 N–H and O–H groups in total. The molecule has 5 nitrogen and oxygen atoms in total. The number of ether oxygens (including phenoxy) is 2. The highest BCUT2D eigenvalue weighted by molar-refractivity contribution is 5.92. The molecule has 22 heavy (non-hydrogen) atoms. The molecule has 0 atom stereocenters. The summed E-state index contributed by atoms with van der Waals surface area (Å²) in [6.07, 6.45) is 1.10. The van der Waals surface area contributed by atoms with Gasteiger partial charge in [-0.1, -0.05) is 18.7 Å². The van der Waals surface area contributed by atoms with Gasteiger partial charge in [0.2, 0.25) is 5.91 Å². The first kappa shape index (κ1) is 15.3. The highest BCUT2D eigenvalue weighted by atomic mass is 16.5. The molecule has 0 aromatic heterocycles. The normalized spacial score (nSPS) is 9.82. The summed E-state index contributed by atoms with van der Waals surface area (Å²) in [4.78, 5) is 22.0. The Morgan fingerprint density at radius 2 is 1.59 bits per heavy atom. The molecule has 0 fully saturated rings. The molecule has 0 saturated heterocycles. The lowest BCUT2D eigenvalue weighted by Gasteiger charge is -2.07. The maximum atomic E-state index is 11.1. The third-order valence-electron chi connectivity index (χ3n) is 2.85. The first-order valence-corrected chi connectivity index (χ1v) is 6.54. The highest BCUT2D eigenvalue weighted by Crippen LogP contribution is 2.16. The van der Waals surface area contributed by atoms with E-state index in [1.54, 1.807) is 48.5 Å². The largest absolute Gasteiger partial charge is 0.489 e. The minimum absolute atomic E-state index is 0.353. The molecule has 2 rings (SSSR count). The zero-order valence-electron chi connectivity index (χ0n) is 11.8. The Labute approximate surface area is 128 Å². The molecule has 0 aliphatic heterocycles. The van der Waals surface area contributed by atoms with E-state index in [1.165, 1.54) is 0 Å². The van der Waals surface area contributed by atoms with Crippen molar-refractivity contribution in [3.05, 3.63) is 72.3 Å². The minimum Gasteiger partial charge on any atom is -0.489 e. The molecule has 2 aromatic rings. The number of primary amides is 1. The number of amides is 1. The number of hydrogen-bond acceptors (Lipinski definition) is 4. The van der Waals surface area contributed by atoms with Crippen molar-refractivity contribution in [1.29, 1.82) is 0 Å². The van der Waals surface area contributed by atoms with Crippen LogP contribution in [0, 0.1) is 0 Å². The van der Waals surface area contributed by atoms with Crippen molar-refractivity contribution in [2.45, 2.75) is 6.61 Å². The van der Waals surface area contributed by atoms with E-state index in [4.69, 9.17) is 15.2 Å². The summed E-state index contributed by atoms with van der Waals surface area (Å²) in [6, 6.07) is 13.5. The Morgan fingerprint density at radius 3 is 2.14 bits per heavy atom. The van der Waals surface area contributed by atoms with Gasteiger partial charge in [-0.25, -0.2) is 4.79 Å². The van der Waals surface area contributed by atoms with Crippen LogP contribution in [0.2, 0.25) is 0 Å². The number of hydrogen-bond donors (Lipinski definition) is 1. The van der Waals surface area contributed by atoms with Crippen LogP contribution in [0.1, 0.15) is 15.9 Å². The van der Waals surface area contributed by atoms with E-state index < -0.39 is 11.9 Å². The second-order valence-corrected chi connectivity index (χ2v) is 4.45. The van der Waals surface area contributed by atoms with Crippen molar-refractivity contribution in [2.75, 3.05) is 0 Å². The van der Waals surface area contributed by atoms with Crippen molar-refractivity contribution < 1.29 is 19.1 Å². The topological polar surface area (TPSA) is 78.6 Å². The third-order valence-corrected chi connectivity index (χ3v) is 2.85. The summed E-state index contributed by atoms with van der Waals surface area (Å²) in [5.41, 5.74) is 6.51. The fraction of sp³-hybridized carbons (Fsp3) is 0.0588. The Morgan fingerprint density at radius 1 is 1.00 bits per heavy atom. The van der Waals surface area contributed by atoms with Crippen molar-refractivity contribution in [2.24, 2.45) is 5.73 Å². The molecule has 0 bridgehead atoms. The molecule has 0 heterocycles. The predicted molar refractivity (Wildman–Crippen MR) is 81.6 cm³/mol. The second kappa shape index (κ2) is 7.08.